The van der Waals surface area contributed by atoms with E-state index in [0.29, 0.717) is 0 Å². The third-order valence-corrected chi connectivity index (χ3v) is 16.6. The van der Waals surface area contributed by atoms with Gasteiger partial charge < -0.3 is 4.57 Å². The number of hydrogen-bond donors (Lipinski definition) is 0. The molecule has 0 saturated heterocycles. The van der Waals surface area contributed by atoms with Crippen LogP contribution < -0.4 is 0 Å². The Balaban J connectivity index is 3.22. The van der Waals surface area contributed by atoms with Gasteiger partial charge in [0.2, 0.25) is 0 Å². The lowest BCUT2D eigenvalue weighted by atomic mass is 9.95. The molecule has 1 nitrogen and oxygen atoms in total. The summed E-state index contributed by atoms with van der Waals surface area (Å²) in [5, 5.41) is 0. The maximum absolute atomic E-state index is 4.14. The van der Waals surface area contributed by atoms with Gasteiger partial charge in [-0.2, -0.15) is 0 Å². The van der Waals surface area contributed by atoms with E-state index < -0.39 is 16.3 Å². The maximum atomic E-state index is 4.14. The van der Waals surface area contributed by atoms with E-state index in [2.05, 4.69) is 71.5 Å². The van der Waals surface area contributed by atoms with E-state index in [9.17, 15) is 0 Å². The molecule has 1 fully saturated rings. The normalized spacial score (nSPS) is 18.2. The minimum Gasteiger partial charge on any atom is -0.320 e. The molecule has 1 saturated carbocycles. The molecule has 1 rings (SSSR count). The SMILES string of the molecule is C=C[Si](C)(C)CCN(C1CCCCC1)[Si](C(C)C)(C(C)C)C(C)C. The molecule has 0 aromatic carbocycles. The molecule has 0 amide bonds. The van der Waals surface area contributed by atoms with Crippen LogP contribution in [0.1, 0.15) is 73.6 Å². The lowest BCUT2D eigenvalue weighted by molar-refractivity contribution is 0.240. The minimum absolute atomic E-state index is 0.827. The Morgan fingerprint density at radius 3 is 1.75 bits per heavy atom. The van der Waals surface area contributed by atoms with Gasteiger partial charge in [0, 0.05) is 6.04 Å². The molecule has 0 aliphatic heterocycles. The van der Waals surface area contributed by atoms with Crippen molar-refractivity contribution in [3.63, 3.8) is 0 Å². The highest BCUT2D eigenvalue weighted by molar-refractivity contribution is 6.83. The first kappa shape index (κ1) is 22.2. The van der Waals surface area contributed by atoms with Gasteiger partial charge in [0.1, 0.15) is 8.24 Å². The van der Waals surface area contributed by atoms with Crippen molar-refractivity contribution in [2.45, 2.75) is 115 Å². The number of rotatable bonds is 9. The van der Waals surface area contributed by atoms with Crippen LogP contribution in [0.5, 0.6) is 0 Å². The second-order valence-corrected chi connectivity index (χ2v) is 20.5. The quantitative estimate of drug-likeness (QED) is 0.388. The predicted octanol–water partition coefficient (Wildman–Crippen LogP) is 7.23. The van der Waals surface area contributed by atoms with Crippen LogP contribution in [0.3, 0.4) is 0 Å². The molecule has 0 bridgehead atoms. The fourth-order valence-electron chi connectivity index (χ4n) is 5.59. The highest BCUT2D eigenvalue weighted by atomic mass is 28.3. The largest absolute Gasteiger partial charge is 0.320 e. The lowest BCUT2D eigenvalue weighted by Crippen LogP contribution is -2.64. The van der Waals surface area contributed by atoms with Crippen molar-refractivity contribution in [1.82, 2.24) is 4.57 Å². The van der Waals surface area contributed by atoms with Gasteiger partial charge in [0.15, 0.2) is 0 Å². The smallest absolute Gasteiger partial charge is 0.136 e. The van der Waals surface area contributed by atoms with Gasteiger partial charge in [0.25, 0.3) is 0 Å². The average molecular weight is 368 g/mol. The van der Waals surface area contributed by atoms with Crippen LogP contribution in [0.2, 0.25) is 35.8 Å². The van der Waals surface area contributed by atoms with Gasteiger partial charge in [0.05, 0.1) is 8.07 Å². The van der Waals surface area contributed by atoms with Crippen molar-refractivity contribution in [3.8, 4) is 0 Å². The highest BCUT2D eigenvalue weighted by Crippen LogP contribution is 2.46. The van der Waals surface area contributed by atoms with E-state index in [1.165, 1.54) is 44.7 Å². The summed E-state index contributed by atoms with van der Waals surface area (Å²) in [4.78, 5) is 0. The van der Waals surface area contributed by atoms with Crippen LogP contribution in [0.15, 0.2) is 12.3 Å². The summed E-state index contributed by atoms with van der Waals surface area (Å²) in [6, 6.07) is 2.24. The first-order chi connectivity index (χ1) is 11.1. The Hall–Kier alpha value is 0.134. The van der Waals surface area contributed by atoms with Gasteiger partial charge in [-0.15, -0.1) is 12.3 Å². The van der Waals surface area contributed by atoms with Crippen LogP contribution in [-0.4, -0.2) is 33.5 Å². The van der Waals surface area contributed by atoms with Crippen molar-refractivity contribution >= 4 is 16.3 Å². The standard InChI is InChI=1S/C21H45NSi2/c1-10-23(8,9)17-16-22(21-14-12-11-13-15-21)24(18(2)3,19(4)5)20(6)7/h10,18-21H,1,11-17H2,2-9H3. The Morgan fingerprint density at radius 1 is 0.917 bits per heavy atom. The van der Waals surface area contributed by atoms with E-state index in [0.717, 1.165) is 22.7 Å². The highest BCUT2D eigenvalue weighted by Gasteiger charge is 2.50. The number of hydrogen-bond acceptors (Lipinski definition) is 1. The van der Waals surface area contributed by atoms with Crippen molar-refractivity contribution in [3.05, 3.63) is 12.3 Å². The van der Waals surface area contributed by atoms with Gasteiger partial charge in [-0.1, -0.05) is 73.9 Å². The third-order valence-electron chi connectivity index (χ3n) is 6.84. The van der Waals surface area contributed by atoms with E-state index in [1.807, 2.05) is 0 Å². The van der Waals surface area contributed by atoms with Crippen molar-refractivity contribution in [2.24, 2.45) is 0 Å². The molecule has 0 heterocycles. The molecule has 24 heavy (non-hydrogen) atoms. The van der Waals surface area contributed by atoms with E-state index >= 15 is 0 Å². The Bertz CT molecular complexity index is 360. The van der Waals surface area contributed by atoms with Crippen LogP contribution in [-0.2, 0) is 0 Å². The Morgan fingerprint density at radius 2 is 1.38 bits per heavy atom. The lowest BCUT2D eigenvalue weighted by Gasteiger charge is -2.55. The summed E-state index contributed by atoms with van der Waals surface area (Å²) in [6.07, 6.45) is 7.23. The predicted molar refractivity (Wildman–Crippen MR) is 117 cm³/mol. The molecule has 0 N–H and O–H groups in total. The molecule has 0 spiro atoms. The molecule has 0 aromatic rings. The monoisotopic (exact) mass is 367 g/mol. The minimum atomic E-state index is -1.54. The molecule has 0 atom stereocenters. The van der Waals surface area contributed by atoms with Gasteiger partial charge >= 0.3 is 0 Å². The van der Waals surface area contributed by atoms with Crippen LogP contribution >= 0.6 is 0 Å². The van der Waals surface area contributed by atoms with E-state index in [1.54, 1.807) is 0 Å². The van der Waals surface area contributed by atoms with E-state index in [-0.39, 0.29) is 0 Å². The zero-order chi connectivity index (χ0) is 18.5. The molecular formula is C21H45NSi2. The molecule has 3 heteroatoms. The van der Waals surface area contributed by atoms with Gasteiger partial charge in [-0.05, 0) is 42.1 Å². The first-order valence-electron chi connectivity index (χ1n) is 10.5. The van der Waals surface area contributed by atoms with Crippen LogP contribution in [0, 0.1) is 0 Å². The Labute approximate surface area is 155 Å². The molecule has 1 aliphatic rings. The van der Waals surface area contributed by atoms with Gasteiger partial charge in [-0.3, -0.25) is 0 Å². The summed E-state index contributed by atoms with van der Waals surface area (Å²) in [5.74, 6) is 0. The topological polar surface area (TPSA) is 3.24 Å². The van der Waals surface area contributed by atoms with Crippen LogP contribution in [0.25, 0.3) is 0 Å². The average Bonchev–Trinajstić information content (AvgIpc) is 2.51. The summed E-state index contributed by atoms with van der Waals surface area (Å²) in [6.45, 7) is 25.6. The molecule has 0 aromatic heterocycles. The van der Waals surface area contributed by atoms with Crippen molar-refractivity contribution in [1.29, 1.82) is 0 Å². The summed E-state index contributed by atoms with van der Waals surface area (Å²) in [5.41, 5.74) is 4.78. The van der Waals surface area contributed by atoms with E-state index in [4.69, 9.17) is 0 Å². The summed E-state index contributed by atoms with van der Waals surface area (Å²) >= 11 is 0. The maximum Gasteiger partial charge on any atom is 0.136 e. The molecule has 0 radical (unpaired) electrons. The van der Waals surface area contributed by atoms with Crippen LogP contribution in [0.4, 0.5) is 0 Å². The molecule has 1 aliphatic carbocycles. The van der Waals surface area contributed by atoms with Crippen molar-refractivity contribution in [2.75, 3.05) is 6.54 Å². The number of nitrogens with zero attached hydrogens (tertiary/aromatic N) is 1. The summed E-state index contributed by atoms with van der Waals surface area (Å²) in [7, 11) is -2.78. The van der Waals surface area contributed by atoms with Crippen molar-refractivity contribution < 1.29 is 0 Å². The summed E-state index contributed by atoms with van der Waals surface area (Å²) < 4.78 is 3.14. The second-order valence-electron chi connectivity index (χ2n) is 9.78. The first-order valence-corrected chi connectivity index (χ1v) is 16.0. The molecule has 142 valence electrons. The fourth-order valence-corrected chi connectivity index (χ4v) is 14.2. The second kappa shape index (κ2) is 9.18. The third kappa shape index (κ3) is 4.85. The molecule has 0 unspecified atom stereocenters. The van der Waals surface area contributed by atoms with Gasteiger partial charge in [-0.25, -0.2) is 0 Å². The zero-order valence-electron chi connectivity index (χ0n) is 18.0. The molecular weight excluding hydrogens is 322 g/mol. The zero-order valence-corrected chi connectivity index (χ0v) is 20.0. The Kier molecular flexibility index (Phi) is 8.48. The fraction of sp³-hybridized carbons (Fsp3) is 0.905.